The smallest absolute Gasteiger partial charge is 0.409 e. The third-order valence-corrected chi connectivity index (χ3v) is 3.58. The molecule has 1 aromatic carbocycles. The average Bonchev–Trinajstić information content (AvgIpc) is 2.48. The van der Waals surface area contributed by atoms with Gasteiger partial charge in [-0.25, -0.2) is 4.79 Å². The zero-order valence-electron chi connectivity index (χ0n) is 12.5. The van der Waals surface area contributed by atoms with Gasteiger partial charge >= 0.3 is 5.43 Å². The second-order valence-electron chi connectivity index (χ2n) is 4.98. The molecular formula is C15H18ClNO5. The minimum atomic E-state index is -0.881. The molecule has 120 valence electrons. The minimum absolute atomic E-state index is 0.00227. The van der Waals surface area contributed by atoms with Crippen molar-refractivity contribution in [3.05, 3.63) is 24.3 Å². The molecule has 0 aliphatic carbocycles. The van der Waals surface area contributed by atoms with Gasteiger partial charge in [0.1, 0.15) is 23.8 Å². The number of ether oxygens (including phenoxy) is 3. The Bertz CT molecular complexity index is 533. The number of nitrogens with zero attached hydrogens (tertiary/aromatic N) is 1. The Labute approximate surface area is 133 Å². The number of halogens is 1. The molecule has 1 fully saturated rings. The Morgan fingerprint density at radius 2 is 1.86 bits per heavy atom. The van der Waals surface area contributed by atoms with Gasteiger partial charge in [0.15, 0.2) is 0 Å². The molecule has 1 aliphatic heterocycles. The highest BCUT2D eigenvalue weighted by Crippen LogP contribution is 2.25. The fraction of sp³-hybridized carbons (Fsp3) is 0.467. The molecule has 0 N–H and O–H groups in total. The average molecular weight is 328 g/mol. The van der Waals surface area contributed by atoms with Crippen LogP contribution in [0.15, 0.2) is 24.3 Å². The van der Waals surface area contributed by atoms with Crippen molar-refractivity contribution in [2.24, 2.45) is 0 Å². The van der Waals surface area contributed by atoms with Crippen LogP contribution in [0, 0.1) is 0 Å². The lowest BCUT2D eigenvalue weighted by atomic mass is 10.1. The van der Waals surface area contributed by atoms with E-state index in [1.165, 1.54) is 6.92 Å². The summed E-state index contributed by atoms with van der Waals surface area (Å²) in [7, 11) is 1.58. The summed E-state index contributed by atoms with van der Waals surface area (Å²) in [6.07, 6.45) is 1.03. The summed E-state index contributed by atoms with van der Waals surface area (Å²) in [4.78, 5) is 23.8. The van der Waals surface area contributed by atoms with Crippen molar-refractivity contribution in [2.75, 3.05) is 13.7 Å². The molecule has 2 atom stereocenters. The summed E-state index contributed by atoms with van der Waals surface area (Å²) in [6, 6.07) is 6.62. The quantitative estimate of drug-likeness (QED) is 0.796. The Hall–Kier alpha value is -1.79. The highest BCUT2D eigenvalue weighted by molar-refractivity contribution is 6.61. The fourth-order valence-electron chi connectivity index (χ4n) is 2.46. The van der Waals surface area contributed by atoms with Crippen LogP contribution in [0.2, 0.25) is 0 Å². The Kier molecular flexibility index (Phi) is 5.63. The van der Waals surface area contributed by atoms with Crippen LogP contribution in [0.1, 0.15) is 19.8 Å². The lowest BCUT2D eigenvalue weighted by molar-refractivity contribution is -0.149. The van der Waals surface area contributed by atoms with Crippen molar-refractivity contribution >= 4 is 22.9 Å². The molecular weight excluding hydrogens is 310 g/mol. The van der Waals surface area contributed by atoms with E-state index in [0.717, 1.165) is 6.42 Å². The molecule has 1 saturated heterocycles. The van der Waals surface area contributed by atoms with Crippen LogP contribution in [-0.4, -0.2) is 42.2 Å². The molecule has 1 aromatic rings. The first-order valence-electron chi connectivity index (χ1n) is 6.93. The topological polar surface area (TPSA) is 65.1 Å². The highest BCUT2D eigenvalue weighted by atomic mass is 35.5. The first-order valence-corrected chi connectivity index (χ1v) is 7.31. The van der Waals surface area contributed by atoms with Gasteiger partial charge in [-0.1, -0.05) is 0 Å². The van der Waals surface area contributed by atoms with Crippen molar-refractivity contribution < 1.29 is 23.8 Å². The second kappa shape index (κ2) is 7.47. The van der Waals surface area contributed by atoms with E-state index in [4.69, 9.17) is 25.8 Å². The lowest BCUT2D eigenvalue weighted by Crippen LogP contribution is -2.48. The zero-order chi connectivity index (χ0) is 16.1. The number of hydrogen-bond donors (Lipinski definition) is 0. The van der Waals surface area contributed by atoms with Gasteiger partial charge in [-0.15, -0.1) is 0 Å². The van der Waals surface area contributed by atoms with Crippen LogP contribution in [0.5, 0.6) is 11.5 Å². The van der Waals surface area contributed by atoms with Gasteiger partial charge in [0.2, 0.25) is 5.91 Å². The number of likely N-dealkylation sites (tertiary alicyclic amines) is 1. The van der Waals surface area contributed by atoms with E-state index in [2.05, 4.69) is 0 Å². The third kappa shape index (κ3) is 4.35. The van der Waals surface area contributed by atoms with Crippen LogP contribution >= 0.6 is 11.6 Å². The summed E-state index contributed by atoms with van der Waals surface area (Å²) >= 11 is 5.14. The number of benzene rings is 1. The van der Waals surface area contributed by atoms with Crippen LogP contribution in [0.25, 0.3) is 0 Å². The molecule has 2 rings (SSSR count). The predicted molar refractivity (Wildman–Crippen MR) is 80.2 cm³/mol. The molecule has 1 heterocycles. The highest BCUT2D eigenvalue weighted by Gasteiger charge is 2.31. The molecule has 1 aliphatic rings. The molecule has 0 saturated carbocycles. The summed E-state index contributed by atoms with van der Waals surface area (Å²) < 4.78 is 16.0. The summed E-state index contributed by atoms with van der Waals surface area (Å²) in [5, 5.41) is 0. The van der Waals surface area contributed by atoms with E-state index in [9.17, 15) is 9.59 Å². The monoisotopic (exact) mass is 327 g/mol. The van der Waals surface area contributed by atoms with E-state index in [1.54, 1.807) is 36.3 Å². The van der Waals surface area contributed by atoms with Crippen molar-refractivity contribution in [3.8, 4) is 11.5 Å². The summed E-state index contributed by atoms with van der Waals surface area (Å²) in [5.74, 6) is 1.01. The molecule has 0 bridgehead atoms. The number of amides is 1. The zero-order valence-corrected chi connectivity index (χ0v) is 13.2. The maximum absolute atomic E-state index is 11.5. The van der Waals surface area contributed by atoms with Crippen molar-refractivity contribution in [3.63, 3.8) is 0 Å². The molecule has 2 unspecified atom stereocenters. The number of rotatable bonds is 4. The van der Waals surface area contributed by atoms with E-state index in [-0.39, 0.29) is 18.2 Å². The second-order valence-corrected chi connectivity index (χ2v) is 5.29. The number of carbonyl (C=O) groups excluding carboxylic acids is 2. The van der Waals surface area contributed by atoms with Crippen LogP contribution in [0.3, 0.4) is 0 Å². The van der Waals surface area contributed by atoms with Gasteiger partial charge in [-0.05, 0) is 24.3 Å². The van der Waals surface area contributed by atoms with Crippen molar-refractivity contribution in [1.82, 2.24) is 4.90 Å². The Morgan fingerprint density at radius 3 is 2.41 bits per heavy atom. The van der Waals surface area contributed by atoms with E-state index < -0.39 is 5.43 Å². The molecule has 0 radical (unpaired) electrons. The normalized spacial score (nSPS) is 21.3. The predicted octanol–water partition coefficient (Wildman–Crippen LogP) is 2.79. The summed E-state index contributed by atoms with van der Waals surface area (Å²) in [5.41, 5.74) is -0.881. The Balaban J connectivity index is 1.94. The number of hydrogen-bond acceptors (Lipinski definition) is 5. The van der Waals surface area contributed by atoms with Gasteiger partial charge in [0, 0.05) is 45.0 Å². The molecule has 0 aromatic heterocycles. The minimum Gasteiger partial charge on any atom is -0.490 e. The maximum atomic E-state index is 11.5. The first kappa shape index (κ1) is 16.6. The molecule has 22 heavy (non-hydrogen) atoms. The first-order chi connectivity index (χ1) is 10.5. The van der Waals surface area contributed by atoms with E-state index in [0.29, 0.717) is 24.5 Å². The van der Waals surface area contributed by atoms with Crippen LogP contribution < -0.4 is 9.47 Å². The lowest BCUT2D eigenvalue weighted by Gasteiger charge is -2.37. The Morgan fingerprint density at radius 1 is 1.23 bits per heavy atom. The van der Waals surface area contributed by atoms with Gasteiger partial charge in [-0.3, -0.25) is 4.79 Å². The molecule has 0 spiro atoms. The fourth-order valence-corrected chi connectivity index (χ4v) is 2.55. The van der Waals surface area contributed by atoms with Crippen LogP contribution in [0.4, 0.5) is 4.79 Å². The van der Waals surface area contributed by atoms with Gasteiger partial charge in [0.05, 0.1) is 0 Å². The number of carbonyl (C=O) groups is 2. The van der Waals surface area contributed by atoms with Gasteiger partial charge < -0.3 is 19.1 Å². The molecule has 1 amide bonds. The summed E-state index contributed by atoms with van der Waals surface area (Å²) in [6.45, 7) is 2.13. The third-order valence-electron chi connectivity index (χ3n) is 3.51. The number of piperidine rings is 1. The molecule has 6 nitrogen and oxygen atoms in total. The van der Waals surface area contributed by atoms with Crippen LogP contribution in [-0.2, 0) is 9.53 Å². The van der Waals surface area contributed by atoms with Gasteiger partial charge in [-0.2, -0.15) is 0 Å². The standard InChI is InChI=1S/C15H18ClNO5/c1-10(18)17-8-7-13(9-14(17)20-2)21-11-3-5-12(6-4-11)22-15(16)19/h3-6,13-14H,7-9H2,1-2H3. The molecule has 7 heteroatoms. The largest absolute Gasteiger partial charge is 0.490 e. The maximum Gasteiger partial charge on any atom is 0.409 e. The SMILES string of the molecule is COC1CC(Oc2ccc(OC(=O)Cl)cc2)CCN1C(C)=O. The van der Waals surface area contributed by atoms with Gasteiger partial charge in [0.25, 0.3) is 0 Å². The van der Waals surface area contributed by atoms with Crippen molar-refractivity contribution in [1.29, 1.82) is 0 Å². The van der Waals surface area contributed by atoms with E-state index in [1.807, 2.05) is 0 Å². The number of methoxy groups -OCH3 is 1. The van der Waals surface area contributed by atoms with E-state index >= 15 is 0 Å². The van der Waals surface area contributed by atoms with Crippen molar-refractivity contribution in [2.45, 2.75) is 32.1 Å².